The monoisotopic (exact) mass is 477 g/mol. The van der Waals surface area contributed by atoms with Gasteiger partial charge < -0.3 is 18.9 Å². The Bertz CT molecular complexity index is 832. The molecule has 1 aromatic rings. The molecule has 0 spiro atoms. The van der Waals surface area contributed by atoms with Crippen LogP contribution < -0.4 is 11.2 Å². The van der Waals surface area contributed by atoms with E-state index >= 15 is 4.39 Å². The maximum absolute atomic E-state index is 15.5. The van der Waals surface area contributed by atoms with Crippen molar-refractivity contribution in [2.45, 2.75) is 91.6 Å². The van der Waals surface area contributed by atoms with Crippen LogP contribution in [-0.4, -0.2) is 63.0 Å². The normalized spacial score (nSPS) is 25.2. The summed E-state index contributed by atoms with van der Waals surface area (Å²) >= 11 is 0. The van der Waals surface area contributed by atoms with Crippen molar-refractivity contribution < 1.29 is 23.3 Å². The summed E-state index contributed by atoms with van der Waals surface area (Å²) in [5.74, 6) is 0. The molecule has 2 rings (SSSR count). The minimum Gasteiger partial charge on any atom is -0.394 e. The lowest BCUT2D eigenvalue weighted by molar-refractivity contribution is -0.0480. The van der Waals surface area contributed by atoms with E-state index in [0.717, 1.165) is 17.1 Å². The van der Waals surface area contributed by atoms with E-state index in [-0.39, 0.29) is 17.5 Å². The summed E-state index contributed by atoms with van der Waals surface area (Å²) in [4.78, 5) is 25.6. The number of hydrogen-bond acceptors (Lipinski definition) is 7. The van der Waals surface area contributed by atoms with Gasteiger partial charge in [0.15, 0.2) is 12.4 Å². The fourth-order valence-electron chi connectivity index (χ4n) is 3.48. The zero-order chi connectivity index (χ0) is 24.2. The summed E-state index contributed by atoms with van der Waals surface area (Å²) in [6.45, 7) is 14.3. The Morgan fingerprint density at radius 1 is 1.28 bits per heavy atom. The predicted octanol–water partition coefficient (Wildman–Crippen LogP) is 2.95. The molecule has 3 unspecified atom stereocenters. The summed E-state index contributed by atoms with van der Waals surface area (Å²) in [7, 11) is -1.67. The molecule has 1 saturated heterocycles. The molecule has 184 valence electrons. The maximum atomic E-state index is 15.5. The first kappa shape index (κ1) is 27.1. The third-order valence-corrected chi connectivity index (χ3v) is 7.21. The van der Waals surface area contributed by atoms with E-state index in [0.29, 0.717) is 6.61 Å². The molecule has 0 aromatic carbocycles. The average Bonchev–Trinajstić information content (AvgIpc) is 2.96. The van der Waals surface area contributed by atoms with E-state index in [1.165, 1.54) is 6.20 Å². The van der Waals surface area contributed by atoms with Gasteiger partial charge in [0.1, 0.15) is 12.2 Å². The van der Waals surface area contributed by atoms with Crippen LogP contribution in [0.1, 0.15) is 61.1 Å². The largest absolute Gasteiger partial charge is 0.394 e. The van der Waals surface area contributed by atoms with Crippen LogP contribution in [0.4, 0.5) is 4.39 Å². The summed E-state index contributed by atoms with van der Waals surface area (Å²) in [5, 5.41) is 9.82. The van der Waals surface area contributed by atoms with Crippen LogP contribution in [-0.2, 0) is 13.8 Å². The Balaban J connectivity index is 2.28. The molecule has 32 heavy (non-hydrogen) atoms. The molecule has 5 atom stereocenters. The van der Waals surface area contributed by atoms with Crippen molar-refractivity contribution in [2.75, 3.05) is 13.2 Å². The molecule has 11 heteroatoms. The van der Waals surface area contributed by atoms with Gasteiger partial charge >= 0.3 is 5.69 Å². The van der Waals surface area contributed by atoms with Crippen molar-refractivity contribution in [3.63, 3.8) is 0 Å². The Morgan fingerprint density at radius 2 is 1.91 bits per heavy atom. The Morgan fingerprint density at radius 3 is 2.41 bits per heavy atom. The third-order valence-electron chi connectivity index (χ3n) is 5.08. The second-order valence-electron chi connectivity index (χ2n) is 9.73. The Labute approximate surface area is 189 Å². The average molecular weight is 478 g/mol. The van der Waals surface area contributed by atoms with Gasteiger partial charge in [-0.1, -0.05) is 20.8 Å². The molecule has 1 aliphatic heterocycles. The molecular weight excluding hydrogens is 440 g/mol. The van der Waals surface area contributed by atoms with E-state index in [2.05, 4.69) is 25.8 Å². The van der Waals surface area contributed by atoms with Gasteiger partial charge in [0.25, 0.3) is 14.1 Å². The predicted molar refractivity (Wildman–Crippen MR) is 121 cm³/mol. The van der Waals surface area contributed by atoms with E-state index in [1.54, 1.807) is 0 Å². The highest BCUT2D eigenvalue weighted by Gasteiger charge is 2.49. The third kappa shape index (κ3) is 6.92. The number of rotatable bonds is 10. The van der Waals surface area contributed by atoms with Gasteiger partial charge in [0.2, 0.25) is 0 Å². The van der Waals surface area contributed by atoms with E-state index in [1.807, 2.05) is 32.4 Å². The van der Waals surface area contributed by atoms with Crippen molar-refractivity contribution in [2.24, 2.45) is 5.41 Å². The number of aromatic amines is 1. The van der Waals surface area contributed by atoms with Crippen molar-refractivity contribution >= 4 is 8.53 Å². The lowest BCUT2D eigenvalue weighted by atomic mass is 9.93. The fraction of sp³-hybridized carbons (Fsp3) is 0.810. The Hall–Kier alpha value is -1.16. The van der Waals surface area contributed by atoms with Crippen LogP contribution in [0.5, 0.6) is 0 Å². The smallest absolute Gasteiger partial charge is 0.330 e. The number of alkyl halides is 1. The lowest BCUT2D eigenvalue weighted by Crippen LogP contribution is -2.39. The summed E-state index contributed by atoms with van der Waals surface area (Å²) in [6, 6.07) is 1.25. The molecule has 0 bridgehead atoms. The quantitative estimate of drug-likeness (QED) is 0.499. The van der Waals surface area contributed by atoms with Crippen LogP contribution in [0.3, 0.4) is 0 Å². The number of nitrogens with zero attached hydrogens (tertiary/aromatic N) is 2. The van der Waals surface area contributed by atoms with Gasteiger partial charge in [-0.15, -0.1) is 0 Å². The molecule has 0 aliphatic carbocycles. The highest BCUT2D eigenvalue weighted by Crippen LogP contribution is 2.50. The topological polar surface area (TPSA) is 106 Å². The Kier molecular flexibility index (Phi) is 9.58. The summed E-state index contributed by atoms with van der Waals surface area (Å²) in [6.07, 6.45) is -3.27. The second-order valence-corrected chi connectivity index (χ2v) is 11.1. The highest BCUT2D eigenvalue weighted by atomic mass is 31.2. The van der Waals surface area contributed by atoms with Crippen molar-refractivity contribution in [3.8, 4) is 0 Å². The molecule has 0 saturated carbocycles. The van der Waals surface area contributed by atoms with Gasteiger partial charge in [0.05, 0.1) is 13.2 Å². The zero-order valence-electron chi connectivity index (χ0n) is 19.9. The van der Waals surface area contributed by atoms with Crippen LogP contribution in [0, 0.1) is 5.41 Å². The van der Waals surface area contributed by atoms with Crippen molar-refractivity contribution in [3.05, 3.63) is 33.1 Å². The molecular formula is C21H37FN3O6P. The van der Waals surface area contributed by atoms with Crippen LogP contribution >= 0.6 is 8.53 Å². The fourth-order valence-corrected chi connectivity index (χ4v) is 5.24. The molecule has 2 heterocycles. The van der Waals surface area contributed by atoms with E-state index < -0.39 is 51.0 Å². The lowest BCUT2D eigenvalue weighted by Gasteiger charge is -2.38. The number of H-pyrrole nitrogens is 1. The minimum atomic E-state index is -1.76. The van der Waals surface area contributed by atoms with Crippen LogP contribution in [0.25, 0.3) is 0 Å². The highest BCUT2D eigenvalue weighted by molar-refractivity contribution is 7.44. The van der Waals surface area contributed by atoms with E-state index in [4.69, 9.17) is 13.8 Å². The SMILES string of the molecule is CC(C)N(C(C)C)P(OCCC(C)(C)C)OC1C(F)[C@H](n2ccc(=O)[nH]c2=O)O[C@@H]1CO. The molecule has 2 N–H and O–H groups in total. The number of nitrogens with one attached hydrogen (secondary N) is 1. The molecule has 1 fully saturated rings. The van der Waals surface area contributed by atoms with Crippen molar-refractivity contribution in [1.82, 2.24) is 14.2 Å². The van der Waals surface area contributed by atoms with Gasteiger partial charge in [0, 0.05) is 24.3 Å². The number of aromatic nitrogens is 2. The first-order valence-corrected chi connectivity index (χ1v) is 12.1. The molecule has 1 aliphatic rings. The number of aliphatic hydroxyl groups is 1. The maximum Gasteiger partial charge on any atom is 0.330 e. The van der Waals surface area contributed by atoms with Gasteiger partial charge in [-0.2, -0.15) is 0 Å². The second kappa shape index (κ2) is 11.3. The zero-order valence-corrected chi connectivity index (χ0v) is 20.8. The first-order valence-electron chi connectivity index (χ1n) is 11.0. The first-order chi connectivity index (χ1) is 14.9. The molecule has 1 aromatic heterocycles. The number of halogens is 1. The number of aliphatic hydroxyl groups excluding tert-OH is 1. The van der Waals surface area contributed by atoms with Gasteiger partial charge in [-0.25, -0.2) is 13.9 Å². The van der Waals surface area contributed by atoms with Crippen LogP contribution in [0.15, 0.2) is 21.9 Å². The van der Waals surface area contributed by atoms with Gasteiger partial charge in [-0.3, -0.25) is 14.3 Å². The molecule has 0 amide bonds. The minimum absolute atomic E-state index is 0.0602. The van der Waals surface area contributed by atoms with Gasteiger partial charge in [-0.05, 0) is 39.5 Å². The number of ether oxygens (including phenoxy) is 1. The number of hydrogen-bond donors (Lipinski definition) is 2. The van der Waals surface area contributed by atoms with Crippen LogP contribution in [0.2, 0.25) is 0 Å². The van der Waals surface area contributed by atoms with E-state index in [9.17, 15) is 14.7 Å². The van der Waals surface area contributed by atoms with Crippen molar-refractivity contribution in [1.29, 1.82) is 0 Å². The molecule has 0 radical (unpaired) electrons. The standard InChI is InChI=1S/C21H37FN3O6P/c1-13(2)25(14(3)4)32(29-11-9-21(5,6)7)31-18-15(12-26)30-19(17(18)22)24-10-8-16(27)23-20(24)28/h8,10,13-15,17-19,26H,9,11-12H2,1-7H3,(H,23,27,28)/t15-,17?,18?,19-,32?/m1/s1. The molecule has 9 nitrogen and oxygen atoms in total. The summed E-state index contributed by atoms with van der Waals surface area (Å²) < 4.78 is 36.4. The summed E-state index contributed by atoms with van der Waals surface area (Å²) in [5.41, 5.74) is -1.33.